The molecule has 1 saturated heterocycles. The van der Waals surface area contributed by atoms with E-state index >= 15 is 0 Å². The summed E-state index contributed by atoms with van der Waals surface area (Å²) in [6.45, 7) is 1.25. The third kappa shape index (κ3) is 3.21. The normalized spacial score (nSPS) is 19.2. The van der Waals surface area contributed by atoms with E-state index in [9.17, 15) is 15.0 Å². The Morgan fingerprint density at radius 1 is 1.50 bits per heavy atom. The molecule has 1 aliphatic rings. The van der Waals surface area contributed by atoms with E-state index in [-0.39, 0.29) is 35.6 Å². The number of β-amino-alcohol motifs (C(OH)–C–C–N with tert-alkyl or cyclic N) is 1. The maximum atomic E-state index is 10.9. The average molecular weight is 262 g/mol. The van der Waals surface area contributed by atoms with Crippen molar-refractivity contribution in [2.45, 2.75) is 18.9 Å². The van der Waals surface area contributed by atoms with Gasteiger partial charge in [0.15, 0.2) is 0 Å². The topological polar surface area (TPSA) is 63.6 Å². The maximum absolute atomic E-state index is 10.9. The molecule has 6 heteroatoms. The van der Waals surface area contributed by atoms with Crippen LogP contribution in [0.2, 0.25) is 5.02 Å². The van der Waals surface area contributed by atoms with Crippen LogP contribution in [0.3, 0.4) is 0 Å². The van der Waals surface area contributed by atoms with Crippen LogP contribution in [0.1, 0.15) is 23.2 Å². The van der Waals surface area contributed by atoms with Crippen LogP contribution >= 0.6 is 11.6 Å². The molecule has 1 aliphatic heterocycles. The van der Waals surface area contributed by atoms with Crippen molar-refractivity contribution in [1.82, 2.24) is 0 Å². The number of carboxylic acids is 1. The third-order valence-electron chi connectivity index (χ3n) is 2.94. The SMILES string of the molecule is O=C([O-])c1cccc(N2CCC[C@H](O)C2)c1Cl.[Li+]. The van der Waals surface area contributed by atoms with Gasteiger partial charge < -0.3 is 19.9 Å². The molecule has 1 heterocycles. The maximum Gasteiger partial charge on any atom is 1.00 e. The van der Waals surface area contributed by atoms with E-state index in [0.29, 0.717) is 12.2 Å². The second-order valence-corrected chi connectivity index (χ2v) is 4.55. The van der Waals surface area contributed by atoms with Crippen LogP contribution in [0.25, 0.3) is 0 Å². The molecule has 1 fully saturated rings. The molecule has 4 nitrogen and oxygen atoms in total. The summed E-state index contributed by atoms with van der Waals surface area (Å²) >= 11 is 6.04. The number of aliphatic hydroxyl groups excluding tert-OH is 1. The number of piperidine rings is 1. The van der Waals surface area contributed by atoms with E-state index in [1.54, 1.807) is 12.1 Å². The Bertz CT molecular complexity index is 441. The molecule has 1 atom stereocenters. The first-order valence-electron chi connectivity index (χ1n) is 5.52. The van der Waals surface area contributed by atoms with Crippen molar-refractivity contribution in [3.8, 4) is 0 Å². The molecular formula is C12H13ClLiNO3. The Kier molecular flexibility index (Phi) is 5.55. The van der Waals surface area contributed by atoms with Gasteiger partial charge in [0.25, 0.3) is 0 Å². The number of halogens is 1. The number of nitrogens with zero attached hydrogens (tertiary/aromatic N) is 1. The van der Waals surface area contributed by atoms with Crippen LogP contribution in [0, 0.1) is 0 Å². The van der Waals surface area contributed by atoms with Crippen LogP contribution in [-0.4, -0.2) is 30.3 Å². The summed E-state index contributed by atoms with van der Waals surface area (Å²) in [5, 5.41) is 20.6. The summed E-state index contributed by atoms with van der Waals surface area (Å²) in [6, 6.07) is 4.81. The number of hydrogen-bond donors (Lipinski definition) is 1. The van der Waals surface area contributed by atoms with Gasteiger partial charge >= 0.3 is 18.9 Å². The van der Waals surface area contributed by atoms with Crippen molar-refractivity contribution in [3.05, 3.63) is 28.8 Å². The van der Waals surface area contributed by atoms with Crippen molar-refractivity contribution in [2.24, 2.45) is 0 Å². The van der Waals surface area contributed by atoms with E-state index in [2.05, 4.69) is 0 Å². The fourth-order valence-corrected chi connectivity index (χ4v) is 2.42. The molecule has 1 aromatic carbocycles. The number of aromatic carboxylic acids is 1. The summed E-state index contributed by atoms with van der Waals surface area (Å²) in [5.41, 5.74) is 0.636. The van der Waals surface area contributed by atoms with Gasteiger partial charge in [-0.25, -0.2) is 0 Å². The van der Waals surface area contributed by atoms with Gasteiger partial charge in [-0.2, -0.15) is 0 Å². The molecule has 0 radical (unpaired) electrons. The molecule has 92 valence electrons. The number of carbonyl (C=O) groups is 1. The van der Waals surface area contributed by atoms with Crippen LogP contribution in [0.5, 0.6) is 0 Å². The molecule has 0 spiro atoms. The quantitative estimate of drug-likeness (QED) is 0.607. The Morgan fingerprint density at radius 2 is 2.22 bits per heavy atom. The Morgan fingerprint density at radius 3 is 2.83 bits per heavy atom. The summed E-state index contributed by atoms with van der Waals surface area (Å²) in [4.78, 5) is 12.8. The number of carboxylic acid groups (broad SMARTS) is 1. The van der Waals surface area contributed by atoms with Crippen molar-refractivity contribution in [3.63, 3.8) is 0 Å². The standard InChI is InChI=1S/C12H14ClNO3.Li/c13-11-9(12(16)17)4-1-5-10(11)14-6-2-3-8(15)7-14;/h1,4-5,8,15H,2-3,6-7H2,(H,16,17);/q;+1/p-1/t8-;/m0./s1. The van der Waals surface area contributed by atoms with Gasteiger partial charge in [-0.1, -0.05) is 23.7 Å². The van der Waals surface area contributed by atoms with Crippen molar-refractivity contribution >= 4 is 23.3 Å². The number of benzene rings is 1. The van der Waals surface area contributed by atoms with Crippen molar-refractivity contribution in [1.29, 1.82) is 0 Å². The van der Waals surface area contributed by atoms with Crippen LogP contribution in [0.4, 0.5) is 5.69 Å². The molecule has 1 N–H and O–H groups in total. The molecule has 0 bridgehead atoms. The van der Waals surface area contributed by atoms with E-state index in [1.807, 2.05) is 4.90 Å². The summed E-state index contributed by atoms with van der Waals surface area (Å²) in [5.74, 6) is -1.28. The zero-order chi connectivity index (χ0) is 12.4. The predicted octanol–water partition coefficient (Wildman–Crippen LogP) is -2.33. The monoisotopic (exact) mass is 261 g/mol. The van der Waals surface area contributed by atoms with Gasteiger partial charge in [-0.05, 0) is 18.9 Å². The smallest absolute Gasteiger partial charge is 0.545 e. The Labute approximate surface area is 123 Å². The van der Waals surface area contributed by atoms with Gasteiger partial charge in [-0.3, -0.25) is 0 Å². The van der Waals surface area contributed by atoms with Gasteiger partial charge in [-0.15, -0.1) is 0 Å². The van der Waals surface area contributed by atoms with Gasteiger partial charge in [0, 0.05) is 18.7 Å². The first-order chi connectivity index (χ1) is 8.09. The van der Waals surface area contributed by atoms with E-state index in [4.69, 9.17) is 11.6 Å². The molecule has 0 aliphatic carbocycles. The van der Waals surface area contributed by atoms with E-state index in [0.717, 1.165) is 19.4 Å². The summed E-state index contributed by atoms with van der Waals surface area (Å²) in [6.07, 6.45) is 1.26. The molecule has 0 unspecified atom stereocenters. The first kappa shape index (κ1) is 15.4. The number of rotatable bonds is 2. The number of anilines is 1. The van der Waals surface area contributed by atoms with Crippen LogP contribution in [-0.2, 0) is 0 Å². The second kappa shape index (κ2) is 6.49. The molecule has 1 aromatic rings. The van der Waals surface area contributed by atoms with Crippen molar-refractivity contribution < 1.29 is 33.9 Å². The second-order valence-electron chi connectivity index (χ2n) is 4.17. The van der Waals surface area contributed by atoms with Crippen LogP contribution < -0.4 is 28.9 Å². The largest absolute Gasteiger partial charge is 1.00 e. The minimum absolute atomic E-state index is 0. The molecule has 0 saturated carbocycles. The third-order valence-corrected chi connectivity index (χ3v) is 3.33. The molecule has 0 aromatic heterocycles. The molecule has 0 amide bonds. The number of hydrogen-bond acceptors (Lipinski definition) is 4. The molecule has 18 heavy (non-hydrogen) atoms. The Balaban J connectivity index is 0.00000162. The summed E-state index contributed by atoms with van der Waals surface area (Å²) < 4.78 is 0. The zero-order valence-electron chi connectivity index (χ0n) is 10.2. The van der Waals surface area contributed by atoms with Gasteiger partial charge in [0.05, 0.1) is 22.8 Å². The average Bonchev–Trinajstić information content (AvgIpc) is 2.29. The van der Waals surface area contributed by atoms with Gasteiger partial charge in [0.2, 0.25) is 0 Å². The minimum Gasteiger partial charge on any atom is -0.545 e. The zero-order valence-corrected chi connectivity index (χ0v) is 11.0. The molecule has 2 rings (SSSR count). The fourth-order valence-electron chi connectivity index (χ4n) is 2.10. The Hall–Kier alpha value is -0.663. The van der Waals surface area contributed by atoms with Crippen LogP contribution in [0.15, 0.2) is 18.2 Å². The minimum atomic E-state index is -1.28. The first-order valence-corrected chi connectivity index (χ1v) is 5.90. The predicted molar refractivity (Wildman–Crippen MR) is 63.2 cm³/mol. The number of aliphatic hydroxyl groups is 1. The van der Waals surface area contributed by atoms with E-state index < -0.39 is 5.97 Å². The number of carbonyl (C=O) groups excluding carboxylic acids is 1. The van der Waals surface area contributed by atoms with E-state index in [1.165, 1.54) is 6.07 Å². The molecular weight excluding hydrogens is 249 g/mol. The van der Waals surface area contributed by atoms with Crippen molar-refractivity contribution in [2.75, 3.05) is 18.0 Å². The van der Waals surface area contributed by atoms with Gasteiger partial charge in [0.1, 0.15) is 0 Å². The fraction of sp³-hybridized carbons (Fsp3) is 0.417. The summed E-state index contributed by atoms with van der Waals surface area (Å²) in [7, 11) is 0.